The van der Waals surface area contributed by atoms with Crippen molar-refractivity contribution in [2.24, 2.45) is 11.5 Å². The van der Waals surface area contributed by atoms with E-state index >= 15 is 0 Å². The van der Waals surface area contributed by atoms with Gasteiger partial charge in [0.05, 0.1) is 0 Å². The van der Waals surface area contributed by atoms with Gasteiger partial charge in [0.15, 0.2) is 0 Å². The van der Waals surface area contributed by atoms with E-state index in [0.717, 1.165) is 0 Å². The van der Waals surface area contributed by atoms with Crippen LogP contribution in [-0.2, 0) is 0 Å². The Bertz CT molecular complexity index is 59.6. The van der Waals surface area contributed by atoms with Crippen molar-refractivity contribution in [2.45, 2.75) is 12.5 Å². The van der Waals surface area contributed by atoms with E-state index in [1.54, 1.807) is 0 Å². The van der Waals surface area contributed by atoms with Gasteiger partial charge in [-0.2, -0.15) is 0 Å². The Labute approximate surface area is 133 Å². The molecule has 0 rings (SSSR count). The van der Waals surface area contributed by atoms with Crippen LogP contribution < -0.4 is 100 Å². The van der Waals surface area contributed by atoms with Crippen molar-refractivity contribution in [3.8, 4) is 0 Å². The average Bonchev–Trinajstić information content (AvgIpc) is 1.68. The molecule has 0 fully saturated rings. The quantitative estimate of drug-likeness (QED) is 0.374. The van der Waals surface area contributed by atoms with Gasteiger partial charge in [0.25, 0.3) is 0 Å². The fourth-order valence-electron chi connectivity index (χ4n) is 0.284. The van der Waals surface area contributed by atoms with Gasteiger partial charge in [-0.15, -0.1) is 0 Å². The predicted molar refractivity (Wildman–Crippen MR) is 32.1 cm³/mol. The molecule has 5 N–H and O–H groups in total. The predicted octanol–water partition coefficient (Wildman–Crippen LogP) is -10.00. The molecular weight excluding hydrogens is 161 g/mol. The zero-order valence-corrected chi connectivity index (χ0v) is 13.3. The summed E-state index contributed by atoms with van der Waals surface area (Å²) in [5.74, 6) is 0. The Morgan fingerprint density at radius 3 is 1.80 bits per heavy atom. The Hall–Kier alpha value is 2.88. The van der Waals surface area contributed by atoms with Crippen LogP contribution in [0.3, 0.4) is 0 Å². The molecule has 0 spiro atoms. The van der Waals surface area contributed by atoms with Crippen LogP contribution in [0.15, 0.2) is 0 Å². The van der Waals surface area contributed by atoms with E-state index in [4.69, 9.17) is 16.6 Å². The monoisotopic (exact) mass is 176 g/mol. The van der Waals surface area contributed by atoms with Crippen molar-refractivity contribution in [1.29, 1.82) is 0 Å². The molecule has 0 radical (unpaired) electrons. The van der Waals surface area contributed by atoms with Crippen molar-refractivity contribution in [3.63, 3.8) is 0 Å². The summed E-state index contributed by atoms with van der Waals surface area (Å²) in [6.45, 7) is 0.596. The summed E-state index contributed by atoms with van der Waals surface area (Å²) in [7, 11) is 0. The maximum absolute atomic E-state index is 8.23. The molecule has 0 heterocycles. The summed E-state index contributed by atoms with van der Waals surface area (Å²) in [5, 5.41) is 8.23. The van der Waals surface area contributed by atoms with E-state index in [1.165, 1.54) is 0 Å². The third-order valence-corrected chi connectivity index (χ3v) is 0.803. The van der Waals surface area contributed by atoms with Crippen molar-refractivity contribution in [2.75, 3.05) is 13.2 Å². The van der Waals surface area contributed by atoms with E-state index < -0.39 is 0 Å². The first-order valence-electron chi connectivity index (χ1n) is 2.37. The molecule has 0 saturated carbocycles. The van der Waals surface area contributed by atoms with Crippen molar-refractivity contribution < 1.29 is 98.1 Å². The first-order chi connectivity index (χ1) is 3.31. The molecule has 0 bridgehead atoms. The van der Waals surface area contributed by atoms with E-state index in [-0.39, 0.29) is 106 Å². The number of hydrogen-bond donors (Lipinski definition) is 3. The van der Waals surface area contributed by atoms with Gasteiger partial charge >= 0.3 is 88.7 Å². The number of nitrogens with two attached hydrogens (primary N) is 2. The maximum Gasteiger partial charge on any atom is 1.00 e. The minimum atomic E-state index is -0.0231. The molecular formula is C4H15N2Na3O. The number of aliphatic hydroxyl groups is 1. The second-order valence-electron chi connectivity index (χ2n) is 1.51. The molecule has 0 aliphatic carbocycles. The van der Waals surface area contributed by atoms with Gasteiger partial charge in [0.1, 0.15) is 0 Å². The fraction of sp³-hybridized carbons (Fsp3) is 1.00. The van der Waals surface area contributed by atoms with Gasteiger partial charge in [0, 0.05) is 19.2 Å². The molecule has 50 valence electrons. The Morgan fingerprint density at radius 1 is 1.30 bits per heavy atom. The van der Waals surface area contributed by atoms with Gasteiger partial charge in [-0.3, -0.25) is 0 Å². The molecule has 6 heteroatoms. The van der Waals surface area contributed by atoms with E-state index in [2.05, 4.69) is 0 Å². The molecule has 0 aliphatic heterocycles. The number of aliphatic hydroxyl groups excluding tert-OH is 1. The molecule has 0 aromatic heterocycles. The molecule has 0 amide bonds. The summed E-state index contributed by atoms with van der Waals surface area (Å²) in [4.78, 5) is 0. The topological polar surface area (TPSA) is 72.3 Å². The van der Waals surface area contributed by atoms with Crippen molar-refractivity contribution >= 4 is 0 Å². The van der Waals surface area contributed by atoms with Crippen LogP contribution in [0.4, 0.5) is 0 Å². The minimum absolute atomic E-state index is 0. The maximum atomic E-state index is 8.23. The van der Waals surface area contributed by atoms with Gasteiger partial charge in [-0.25, -0.2) is 0 Å². The van der Waals surface area contributed by atoms with Crippen LogP contribution in [0.1, 0.15) is 10.7 Å². The van der Waals surface area contributed by atoms with Crippen LogP contribution in [0.2, 0.25) is 0 Å². The largest absolute Gasteiger partial charge is 1.00 e. The van der Waals surface area contributed by atoms with Gasteiger partial charge in [-0.05, 0) is 6.42 Å². The summed E-state index contributed by atoms with van der Waals surface area (Å²) < 4.78 is 0. The van der Waals surface area contributed by atoms with Crippen LogP contribution >= 0.6 is 0 Å². The van der Waals surface area contributed by atoms with Crippen molar-refractivity contribution in [3.05, 3.63) is 0 Å². The average molecular weight is 176 g/mol. The molecule has 0 aliphatic rings. The third-order valence-electron chi connectivity index (χ3n) is 0.803. The second kappa shape index (κ2) is 17.8. The van der Waals surface area contributed by atoms with E-state index in [1.807, 2.05) is 0 Å². The summed E-state index contributed by atoms with van der Waals surface area (Å²) in [6.07, 6.45) is 0.608. The van der Waals surface area contributed by atoms with Gasteiger partial charge < -0.3 is 20.9 Å². The normalized spacial score (nSPS) is 9.90. The minimum Gasteiger partial charge on any atom is -1.00 e. The summed E-state index contributed by atoms with van der Waals surface area (Å²) in [5.41, 5.74) is 10.4. The smallest absolute Gasteiger partial charge is 1.00 e. The SMILES string of the molecule is NCC(N)CCO.[H-].[H-].[H-].[Na+].[Na+].[Na+]. The molecule has 1 atom stereocenters. The molecule has 1 unspecified atom stereocenters. The fourth-order valence-corrected chi connectivity index (χ4v) is 0.284. The standard InChI is InChI=1S/C4H12N2O.3Na.3H/c5-3-4(6)1-2-7;;;;;;/h4,7H,1-3,5-6H2;;;;;;/q;3*+1;3*-1. The molecule has 0 aromatic carbocycles. The first kappa shape index (κ1) is 23.1. The third kappa shape index (κ3) is 17.1. The van der Waals surface area contributed by atoms with Crippen molar-refractivity contribution in [1.82, 2.24) is 0 Å². The Kier molecular flexibility index (Phi) is 41.1. The summed E-state index contributed by atoms with van der Waals surface area (Å²) in [6, 6.07) is -0.0231. The van der Waals surface area contributed by atoms with E-state index in [9.17, 15) is 0 Å². The van der Waals surface area contributed by atoms with Gasteiger partial charge in [-0.1, -0.05) is 0 Å². The van der Waals surface area contributed by atoms with Crippen LogP contribution in [-0.4, -0.2) is 24.3 Å². The molecule has 3 nitrogen and oxygen atoms in total. The first-order valence-corrected chi connectivity index (χ1v) is 2.37. The number of hydrogen-bond acceptors (Lipinski definition) is 3. The van der Waals surface area contributed by atoms with Crippen LogP contribution in [0.25, 0.3) is 0 Å². The van der Waals surface area contributed by atoms with Gasteiger partial charge in [0.2, 0.25) is 0 Å². The van der Waals surface area contributed by atoms with Crippen LogP contribution in [0, 0.1) is 0 Å². The summed E-state index contributed by atoms with van der Waals surface area (Å²) >= 11 is 0. The number of rotatable bonds is 3. The van der Waals surface area contributed by atoms with Crippen LogP contribution in [0.5, 0.6) is 0 Å². The molecule has 10 heavy (non-hydrogen) atoms. The Balaban J connectivity index is -0.0000000120. The Morgan fingerprint density at radius 2 is 1.70 bits per heavy atom. The molecule has 0 aromatic rings. The zero-order valence-electron chi connectivity index (χ0n) is 10.3. The molecule has 0 saturated heterocycles. The van der Waals surface area contributed by atoms with E-state index in [0.29, 0.717) is 13.0 Å². The zero-order chi connectivity index (χ0) is 5.70. The second-order valence-corrected chi connectivity index (χ2v) is 1.51.